The number of carboxylic acids is 1. The Hall–Kier alpha value is -1.88. The quantitative estimate of drug-likeness (QED) is 0.669. The molecule has 0 fully saturated rings. The summed E-state index contributed by atoms with van der Waals surface area (Å²) in [5.74, 6) is -1.49. The number of hydrogen-bond acceptors (Lipinski definition) is 3. The van der Waals surface area contributed by atoms with Crippen molar-refractivity contribution in [2.45, 2.75) is 25.7 Å². The van der Waals surface area contributed by atoms with E-state index in [1.165, 1.54) is 0 Å². The largest absolute Gasteiger partial charge is 0.481 e. The third-order valence-electron chi connectivity index (χ3n) is 3.27. The van der Waals surface area contributed by atoms with Crippen LogP contribution in [0.3, 0.4) is 0 Å². The molecular formula is C15H22N2O3. The molecule has 0 aliphatic heterocycles. The number of rotatable bonds is 8. The van der Waals surface area contributed by atoms with E-state index in [0.29, 0.717) is 30.9 Å². The number of amides is 1. The van der Waals surface area contributed by atoms with Crippen LogP contribution >= 0.6 is 0 Å². The molecule has 0 aliphatic carbocycles. The Kier molecular flexibility index (Phi) is 6.73. The zero-order valence-corrected chi connectivity index (χ0v) is 11.7. The van der Waals surface area contributed by atoms with Gasteiger partial charge in [-0.2, -0.15) is 0 Å². The number of carboxylic acid groups (broad SMARTS) is 1. The molecule has 2 atom stereocenters. The van der Waals surface area contributed by atoms with E-state index in [1.54, 1.807) is 24.3 Å². The SMILES string of the molecule is CC(CN)CCC(=O)NCC(C(=O)O)c1ccccc1. The Morgan fingerprint density at radius 3 is 2.50 bits per heavy atom. The van der Waals surface area contributed by atoms with E-state index in [4.69, 9.17) is 5.73 Å². The molecule has 0 aromatic heterocycles. The van der Waals surface area contributed by atoms with Gasteiger partial charge in [0, 0.05) is 13.0 Å². The maximum atomic E-state index is 11.7. The van der Waals surface area contributed by atoms with Gasteiger partial charge in [0.15, 0.2) is 0 Å². The molecule has 1 amide bonds. The number of benzene rings is 1. The first-order valence-electron chi connectivity index (χ1n) is 6.79. The van der Waals surface area contributed by atoms with Gasteiger partial charge in [0.05, 0.1) is 5.92 Å². The van der Waals surface area contributed by atoms with Crippen LogP contribution in [0.25, 0.3) is 0 Å². The summed E-state index contributed by atoms with van der Waals surface area (Å²) < 4.78 is 0. The molecule has 4 N–H and O–H groups in total. The fraction of sp³-hybridized carbons (Fsp3) is 0.467. The number of hydrogen-bond donors (Lipinski definition) is 3. The molecule has 0 aliphatic rings. The summed E-state index contributed by atoms with van der Waals surface area (Å²) in [6.45, 7) is 2.64. The van der Waals surface area contributed by atoms with Crippen LogP contribution in [0.5, 0.6) is 0 Å². The molecule has 0 saturated carbocycles. The van der Waals surface area contributed by atoms with Crippen LogP contribution in [0.1, 0.15) is 31.2 Å². The van der Waals surface area contributed by atoms with Gasteiger partial charge in [0.25, 0.3) is 0 Å². The normalized spacial score (nSPS) is 13.5. The molecule has 1 aromatic rings. The van der Waals surface area contributed by atoms with Gasteiger partial charge in [-0.1, -0.05) is 37.3 Å². The lowest BCUT2D eigenvalue weighted by molar-refractivity contribution is -0.138. The van der Waals surface area contributed by atoms with E-state index in [0.717, 1.165) is 0 Å². The van der Waals surface area contributed by atoms with Crippen LogP contribution in [-0.2, 0) is 9.59 Å². The summed E-state index contributed by atoms with van der Waals surface area (Å²) in [4.78, 5) is 22.9. The molecule has 2 unspecified atom stereocenters. The maximum absolute atomic E-state index is 11.7. The van der Waals surface area contributed by atoms with Gasteiger partial charge in [0.1, 0.15) is 0 Å². The van der Waals surface area contributed by atoms with Gasteiger partial charge in [-0.3, -0.25) is 9.59 Å². The Morgan fingerprint density at radius 1 is 1.30 bits per heavy atom. The molecule has 20 heavy (non-hydrogen) atoms. The summed E-state index contributed by atoms with van der Waals surface area (Å²) in [7, 11) is 0. The van der Waals surface area contributed by atoms with E-state index in [1.807, 2.05) is 13.0 Å². The standard InChI is InChI=1S/C15H22N2O3/c1-11(9-16)7-8-14(18)17-10-13(15(19)20)12-5-3-2-4-6-12/h2-6,11,13H,7-10,16H2,1H3,(H,17,18)(H,19,20). The van der Waals surface area contributed by atoms with E-state index < -0.39 is 11.9 Å². The van der Waals surface area contributed by atoms with Gasteiger partial charge in [-0.25, -0.2) is 0 Å². The van der Waals surface area contributed by atoms with Crippen molar-refractivity contribution >= 4 is 11.9 Å². The molecule has 5 nitrogen and oxygen atoms in total. The average molecular weight is 278 g/mol. The summed E-state index contributed by atoms with van der Waals surface area (Å²) in [6, 6.07) is 8.91. The van der Waals surface area contributed by atoms with Crippen molar-refractivity contribution < 1.29 is 14.7 Å². The van der Waals surface area contributed by atoms with E-state index in [9.17, 15) is 14.7 Å². The fourth-order valence-corrected chi connectivity index (χ4v) is 1.83. The first-order chi connectivity index (χ1) is 9.54. The predicted octanol–water partition coefficient (Wildman–Crippen LogP) is 1.35. The van der Waals surface area contributed by atoms with Crippen molar-refractivity contribution in [1.29, 1.82) is 0 Å². The maximum Gasteiger partial charge on any atom is 0.312 e. The minimum absolute atomic E-state index is 0.106. The van der Waals surface area contributed by atoms with Gasteiger partial charge >= 0.3 is 5.97 Å². The molecule has 0 bridgehead atoms. The van der Waals surface area contributed by atoms with Crippen LogP contribution in [0.4, 0.5) is 0 Å². The summed E-state index contributed by atoms with van der Waals surface area (Å²) >= 11 is 0. The van der Waals surface area contributed by atoms with E-state index >= 15 is 0 Å². The lowest BCUT2D eigenvalue weighted by atomic mass is 9.99. The zero-order valence-electron chi connectivity index (χ0n) is 11.7. The minimum atomic E-state index is -0.938. The summed E-state index contributed by atoms with van der Waals surface area (Å²) in [5.41, 5.74) is 6.18. The fourth-order valence-electron chi connectivity index (χ4n) is 1.83. The zero-order chi connectivity index (χ0) is 15.0. The summed E-state index contributed by atoms with van der Waals surface area (Å²) in [6.07, 6.45) is 1.09. The van der Waals surface area contributed by atoms with Crippen LogP contribution < -0.4 is 11.1 Å². The number of carbonyl (C=O) groups is 2. The second-order valence-electron chi connectivity index (χ2n) is 4.99. The highest BCUT2D eigenvalue weighted by Gasteiger charge is 2.20. The molecule has 110 valence electrons. The van der Waals surface area contributed by atoms with E-state index in [-0.39, 0.29) is 12.5 Å². The number of nitrogens with two attached hydrogens (primary N) is 1. The monoisotopic (exact) mass is 278 g/mol. The van der Waals surface area contributed by atoms with Crippen molar-refractivity contribution in [2.24, 2.45) is 11.7 Å². The molecule has 0 saturated heterocycles. The predicted molar refractivity (Wildman–Crippen MR) is 77.3 cm³/mol. The first kappa shape index (κ1) is 16.2. The van der Waals surface area contributed by atoms with Gasteiger partial charge < -0.3 is 16.2 Å². The van der Waals surface area contributed by atoms with Crippen LogP contribution in [0, 0.1) is 5.92 Å². The smallest absolute Gasteiger partial charge is 0.312 e. The lowest BCUT2D eigenvalue weighted by Gasteiger charge is -2.14. The third kappa shape index (κ3) is 5.40. The number of aliphatic carboxylic acids is 1. The van der Waals surface area contributed by atoms with Crippen molar-refractivity contribution in [3.05, 3.63) is 35.9 Å². The molecular weight excluding hydrogens is 256 g/mol. The molecule has 0 radical (unpaired) electrons. The van der Waals surface area contributed by atoms with Crippen LogP contribution in [-0.4, -0.2) is 30.1 Å². The second kappa shape index (κ2) is 8.32. The average Bonchev–Trinajstić information content (AvgIpc) is 2.45. The molecule has 5 heteroatoms. The number of nitrogens with one attached hydrogen (secondary N) is 1. The third-order valence-corrected chi connectivity index (χ3v) is 3.27. The van der Waals surface area contributed by atoms with Gasteiger partial charge in [0.2, 0.25) is 5.91 Å². The highest BCUT2D eigenvalue weighted by Crippen LogP contribution is 2.15. The highest BCUT2D eigenvalue weighted by molar-refractivity contribution is 5.79. The van der Waals surface area contributed by atoms with Gasteiger partial charge in [-0.05, 0) is 24.4 Å². The van der Waals surface area contributed by atoms with Crippen molar-refractivity contribution in [3.8, 4) is 0 Å². The van der Waals surface area contributed by atoms with Crippen LogP contribution in [0.15, 0.2) is 30.3 Å². The van der Waals surface area contributed by atoms with E-state index in [2.05, 4.69) is 5.32 Å². The van der Waals surface area contributed by atoms with Crippen molar-refractivity contribution in [2.75, 3.05) is 13.1 Å². The Labute approximate surface area is 119 Å². The first-order valence-corrected chi connectivity index (χ1v) is 6.79. The van der Waals surface area contributed by atoms with Crippen molar-refractivity contribution in [3.63, 3.8) is 0 Å². The minimum Gasteiger partial charge on any atom is -0.481 e. The molecule has 0 heterocycles. The molecule has 1 aromatic carbocycles. The topological polar surface area (TPSA) is 92.4 Å². The highest BCUT2D eigenvalue weighted by atomic mass is 16.4. The Balaban J connectivity index is 2.48. The molecule has 1 rings (SSSR count). The number of carbonyl (C=O) groups excluding carboxylic acids is 1. The van der Waals surface area contributed by atoms with Crippen LogP contribution in [0.2, 0.25) is 0 Å². The second-order valence-corrected chi connectivity index (χ2v) is 4.99. The van der Waals surface area contributed by atoms with Crippen molar-refractivity contribution in [1.82, 2.24) is 5.32 Å². The molecule has 0 spiro atoms. The lowest BCUT2D eigenvalue weighted by Crippen LogP contribution is -2.32. The summed E-state index contributed by atoms with van der Waals surface area (Å²) in [5, 5.41) is 11.9. The Morgan fingerprint density at radius 2 is 1.95 bits per heavy atom. The Bertz CT molecular complexity index is 434. The van der Waals surface area contributed by atoms with Gasteiger partial charge in [-0.15, -0.1) is 0 Å².